The highest BCUT2D eigenvalue weighted by Gasteiger charge is 2.25. The first-order chi connectivity index (χ1) is 16.4. The number of sulfonamides is 1. The second-order valence-electron chi connectivity index (χ2n) is 9.22. The summed E-state index contributed by atoms with van der Waals surface area (Å²) in [7, 11) is -3.18. The monoisotopic (exact) mass is 482 g/mol. The van der Waals surface area contributed by atoms with E-state index in [0.29, 0.717) is 31.3 Å². The molecular formula is C24H30N6O3S. The van der Waals surface area contributed by atoms with E-state index in [4.69, 9.17) is 4.52 Å². The Morgan fingerprint density at radius 3 is 2.59 bits per heavy atom. The summed E-state index contributed by atoms with van der Waals surface area (Å²) >= 11 is 0. The van der Waals surface area contributed by atoms with Gasteiger partial charge in [0.25, 0.3) is 5.89 Å². The first-order valence-electron chi connectivity index (χ1n) is 11.9. The predicted molar refractivity (Wildman–Crippen MR) is 129 cm³/mol. The van der Waals surface area contributed by atoms with E-state index in [1.54, 1.807) is 0 Å². The number of nitrogens with zero attached hydrogens (tertiary/aromatic N) is 6. The zero-order valence-corrected chi connectivity index (χ0v) is 20.5. The van der Waals surface area contributed by atoms with Crippen molar-refractivity contribution in [2.45, 2.75) is 45.6 Å². The Bertz CT molecular complexity index is 1250. The zero-order valence-electron chi connectivity index (χ0n) is 19.6. The number of hydrogen-bond acceptors (Lipinski definition) is 8. The second-order valence-corrected chi connectivity index (χ2v) is 11.2. The lowest BCUT2D eigenvalue weighted by molar-refractivity contribution is 0.377. The molecule has 0 amide bonds. The number of piperidine rings is 1. The summed E-state index contributed by atoms with van der Waals surface area (Å²) in [5, 5.41) is 12.9. The average molecular weight is 483 g/mol. The molecule has 0 atom stereocenters. The molecule has 1 aromatic carbocycles. The predicted octanol–water partition coefficient (Wildman–Crippen LogP) is 2.87. The summed E-state index contributed by atoms with van der Waals surface area (Å²) in [6.45, 7) is 4.89. The van der Waals surface area contributed by atoms with Crippen LogP contribution in [0.15, 0.2) is 34.9 Å². The highest BCUT2D eigenvalue weighted by atomic mass is 32.2. The lowest BCUT2D eigenvalue weighted by Crippen LogP contribution is -2.35. The number of hydrogen-bond donors (Lipinski definition) is 0. The molecule has 2 aliphatic rings. The Morgan fingerprint density at radius 2 is 1.88 bits per heavy atom. The van der Waals surface area contributed by atoms with Crippen LogP contribution in [-0.4, -0.2) is 59.0 Å². The van der Waals surface area contributed by atoms with Gasteiger partial charge in [0.15, 0.2) is 11.6 Å². The molecule has 0 spiro atoms. The number of fused-ring (bicyclic) bond motifs is 1. The fraction of sp³-hybridized carbons (Fsp3) is 0.500. The SMILES string of the molecule is CCc1ccc(N2CCC(Cc3noc(-c4ccc5c(c4)CCN(S(C)(=O)=O)C5)n3)CC2)nn1. The van der Waals surface area contributed by atoms with Gasteiger partial charge in [-0.25, -0.2) is 8.42 Å². The number of anilines is 1. The summed E-state index contributed by atoms with van der Waals surface area (Å²) in [6, 6.07) is 10.1. The van der Waals surface area contributed by atoms with Gasteiger partial charge in [-0.3, -0.25) is 0 Å². The van der Waals surface area contributed by atoms with Crippen molar-refractivity contribution in [2.75, 3.05) is 30.8 Å². The van der Waals surface area contributed by atoms with Gasteiger partial charge in [0.2, 0.25) is 10.0 Å². The summed E-state index contributed by atoms with van der Waals surface area (Å²) in [5.41, 5.74) is 4.07. The summed E-state index contributed by atoms with van der Waals surface area (Å²) < 4.78 is 30.8. The molecule has 10 heteroatoms. The Balaban J connectivity index is 1.19. The molecule has 3 aromatic rings. The molecule has 180 valence electrons. The van der Waals surface area contributed by atoms with E-state index in [2.05, 4.69) is 50.4 Å². The highest BCUT2D eigenvalue weighted by molar-refractivity contribution is 7.88. The van der Waals surface area contributed by atoms with Crippen LogP contribution in [0.3, 0.4) is 0 Å². The van der Waals surface area contributed by atoms with Gasteiger partial charge in [-0.2, -0.15) is 14.4 Å². The van der Waals surface area contributed by atoms with Crippen LogP contribution in [0.5, 0.6) is 0 Å². The van der Waals surface area contributed by atoms with Crippen LogP contribution < -0.4 is 4.90 Å². The molecule has 0 radical (unpaired) electrons. The van der Waals surface area contributed by atoms with Crippen molar-refractivity contribution in [3.63, 3.8) is 0 Å². The van der Waals surface area contributed by atoms with Crippen molar-refractivity contribution in [3.05, 3.63) is 53.0 Å². The van der Waals surface area contributed by atoms with Crippen LogP contribution in [0.4, 0.5) is 5.82 Å². The zero-order chi connectivity index (χ0) is 23.7. The van der Waals surface area contributed by atoms with E-state index in [9.17, 15) is 8.42 Å². The standard InChI is InChI=1S/C24H30N6O3S/c1-3-21-6-7-23(27-26-21)29-11-8-17(9-12-29)14-22-25-24(33-28-22)19-4-5-20-16-30(34(2,31)32)13-10-18(20)15-19/h4-7,15,17H,3,8-14,16H2,1-2H3. The fourth-order valence-electron chi connectivity index (χ4n) is 4.73. The molecule has 0 unspecified atom stereocenters. The largest absolute Gasteiger partial charge is 0.355 e. The number of rotatable bonds is 6. The minimum atomic E-state index is -3.18. The Kier molecular flexibility index (Phi) is 6.35. The second kappa shape index (κ2) is 9.42. The van der Waals surface area contributed by atoms with Gasteiger partial charge in [-0.05, 0) is 67.0 Å². The van der Waals surface area contributed by atoms with Gasteiger partial charge >= 0.3 is 0 Å². The molecule has 0 bridgehead atoms. The van der Waals surface area contributed by atoms with Gasteiger partial charge in [0.05, 0.1) is 11.9 Å². The molecule has 0 N–H and O–H groups in total. The van der Waals surface area contributed by atoms with Gasteiger partial charge < -0.3 is 9.42 Å². The molecule has 0 saturated carbocycles. The molecule has 5 rings (SSSR count). The van der Waals surface area contributed by atoms with Crippen LogP contribution in [0, 0.1) is 5.92 Å². The lowest BCUT2D eigenvalue weighted by Gasteiger charge is -2.32. The third-order valence-electron chi connectivity index (χ3n) is 6.85. The van der Waals surface area contributed by atoms with E-state index < -0.39 is 10.0 Å². The maximum absolute atomic E-state index is 11.8. The van der Waals surface area contributed by atoms with Crippen LogP contribution in [-0.2, 0) is 35.8 Å². The average Bonchev–Trinajstić information content (AvgIpc) is 3.32. The van der Waals surface area contributed by atoms with E-state index in [1.807, 2.05) is 12.1 Å². The van der Waals surface area contributed by atoms with Crippen LogP contribution in [0.1, 0.15) is 42.4 Å². The highest BCUT2D eigenvalue weighted by Crippen LogP contribution is 2.28. The maximum atomic E-state index is 11.8. The van der Waals surface area contributed by atoms with Gasteiger partial charge in [-0.15, -0.1) is 5.10 Å². The van der Waals surface area contributed by atoms with E-state index >= 15 is 0 Å². The molecule has 1 saturated heterocycles. The molecule has 9 nitrogen and oxygen atoms in total. The van der Waals surface area contributed by atoms with Crippen LogP contribution in [0.2, 0.25) is 0 Å². The lowest BCUT2D eigenvalue weighted by atomic mass is 9.93. The molecule has 2 aromatic heterocycles. The van der Waals surface area contributed by atoms with Crippen molar-refractivity contribution in [3.8, 4) is 11.5 Å². The van der Waals surface area contributed by atoms with Crippen molar-refractivity contribution >= 4 is 15.8 Å². The molecular weight excluding hydrogens is 452 g/mol. The summed E-state index contributed by atoms with van der Waals surface area (Å²) in [4.78, 5) is 6.95. The molecule has 2 aliphatic heterocycles. The normalized spacial score (nSPS) is 17.6. The number of aromatic nitrogens is 4. The third-order valence-corrected chi connectivity index (χ3v) is 8.09. The van der Waals surface area contributed by atoms with Crippen LogP contribution >= 0.6 is 0 Å². The van der Waals surface area contributed by atoms with Crippen molar-refractivity contribution in [2.24, 2.45) is 5.92 Å². The molecule has 0 aliphatic carbocycles. The summed E-state index contributed by atoms with van der Waals surface area (Å²) in [5.74, 6) is 2.72. The fourth-order valence-corrected chi connectivity index (χ4v) is 5.53. The minimum absolute atomic E-state index is 0.413. The number of aryl methyl sites for hydroxylation is 1. The number of benzene rings is 1. The third kappa shape index (κ3) is 4.97. The van der Waals surface area contributed by atoms with Gasteiger partial charge in [0.1, 0.15) is 0 Å². The Hall–Kier alpha value is -2.85. The van der Waals surface area contributed by atoms with Crippen molar-refractivity contribution in [1.82, 2.24) is 24.6 Å². The van der Waals surface area contributed by atoms with Crippen molar-refractivity contribution < 1.29 is 12.9 Å². The molecule has 34 heavy (non-hydrogen) atoms. The first kappa shape index (κ1) is 22.9. The first-order valence-corrected chi connectivity index (χ1v) is 13.7. The minimum Gasteiger partial charge on any atom is -0.355 e. The topological polar surface area (TPSA) is 105 Å². The molecule has 4 heterocycles. The van der Waals surface area contributed by atoms with Crippen molar-refractivity contribution in [1.29, 1.82) is 0 Å². The summed E-state index contributed by atoms with van der Waals surface area (Å²) in [6.07, 6.45) is 5.74. The maximum Gasteiger partial charge on any atom is 0.257 e. The van der Waals surface area contributed by atoms with E-state index in [-0.39, 0.29) is 0 Å². The van der Waals surface area contributed by atoms with Gasteiger partial charge in [-0.1, -0.05) is 18.1 Å². The molecule has 1 fully saturated rings. The van der Waals surface area contributed by atoms with Crippen LogP contribution in [0.25, 0.3) is 11.5 Å². The smallest absolute Gasteiger partial charge is 0.257 e. The van der Waals surface area contributed by atoms with E-state index in [0.717, 1.165) is 72.8 Å². The quantitative estimate of drug-likeness (QED) is 0.528. The van der Waals surface area contributed by atoms with Gasteiger partial charge in [0, 0.05) is 38.2 Å². The van der Waals surface area contributed by atoms with E-state index in [1.165, 1.54) is 10.6 Å². The Morgan fingerprint density at radius 1 is 1.06 bits per heavy atom. The Labute approximate surface area is 200 Å².